The molecular formula is C15H23FN2. The van der Waals surface area contributed by atoms with E-state index in [1.54, 1.807) is 12.1 Å². The van der Waals surface area contributed by atoms with Crippen molar-refractivity contribution in [1.29, 1.82) is 0 Å². The molecule has 0 radical (unpaired) electrons. The van der Waals surface area contributed by atoms with Gasteiger partial charge in [0.2, 0.25) is 0 Å². The SMILES string of the molecule is CNC(c1ccc(F)cc1)C(C)(C)N1CCCC1. The first-order chi connectivity index (χ1) is 8.55. The number of hydrogen-bond donors (Lipinski definition) is 1. The third kappa shape index (κ3) is 2.57. The molecule has 100 valence electrons. The molecule has 1 aliphatic rings. The Balaban J connectivity index is 2.23. The maximum absolute atomic E-state index is 13.0. The summed E-state index contributed by atoms with van der Waals surface area (Å²) in [4.78, 5) is 2.53. The van der Waals surface area contributed by atoms with E-state index in [2.05, 4.69) is 24.1 Å². The molecular weight excluding hydrogens is 227 g/mol. The first kappa shape index (κ1) is 13.5. The van der Waals surface area contributed by atoms with Gasteiger partial charge in [-0.15, -0.1) is 0 Å². The highest BCUT2D eigenvalue weighted by atomic mass is 19.1. The van der Waals surface area contributed by atoms with Gasteiger partial charge in [-0.3, -0.25) is 4.90 Å². The topological polar surface area (TPSA) is 15.3 Å². The van der Waals surface area contributed by atoms with Gasteiger partial charge in [0, 0.05) is 11.6 Å². The zero-order valence-electron chi connectivity index (χ0n) is 11.5. The Morgan fingerprint density at radius 2 is 1.72 bits per heavy atom. The van der Waals surface area contributed by atoms with Gasteiger partial charge in [-0.1, -0.05) is 12.1 Å². The molecule has 1 heterocycles. The van der Waals surface area contributed by atoms with Crippen molar-refractivity contribution in [1.82, 2.24) is 10.2 Å². The van der Waals surface area contributed by atoms with Crippen LogP contribution in [-0.2, 0) is 0 Å². The molecule has 18 heavy (non-hydrogen) atoms. The number of rotatable bonds is 4. The Labute approximate surface area is 109 Å². The fourth-order valence-electron chi connectivity index (χ4n) is 3.06. The first-order valence-electron chi connectivity index (χ1n) is 6.73. The van der Waals surface area contributed by atoms with Crippen LogP contribution in [0.3, 0.4) is 0 Å². The van der Waals surface area contributed by atoms with Crippen molar-refractivity contribution in [2.75, 3.05) is 20.1 Å². The van der Waals surface area contributed by atoms with Crippen molar-refractivity contribution in [3.8, 4) is 0 Å². The van der Waals surface area contributed by atoms with E-state index in [1.165, 1.54) is 12.8 Å². The summed E-state index contributed by atoms with van der Waals surface area (Å²) in [5.74, 6) is -0.174. The van der Waals surface area contributed by atoms with Crippen LogP contribution in [-0.4, -0.2) is 30.6 Å². The molecule has 1 atom stereocenters. The zero-order chi connectivity index (χ0) is 13.2. The van der Waals surface area contributed by atoms with E-state index >= 15 is 0 Å². The van der Waals surface area contributed by atoms with Crippen LogP contribution >= 0.6 is 0 Å². The van der Waals surface area contributed by atoms with Crippen molar-refractivity contribution in [3.05, 3.63) is 35.6 Å². The summed E-state index contributed by atoms with van der Waals surface area (Å²) in [7, 11) is 1.98. The van der Waals surface area contributed by atoms with E-state index < -0.39 is 0 Å². The van der Waals surface area contributed by atoms with E-state index in [0.717, 1.165) is 18.7 Å². The molecule has 0 saturated carbocycles. The van der Waals surface area contributed by atoms with Crippen LogP contribution in [0.25, 0.3) is 0 Å². The minimum Gasteiger partial charge on any atom is -0.311 e. The average molecular weight is 250 g/mol. The quantitative estimate of drug-likeness (QED) is 0.884. The summed E-state index contributed by atoms with van der Waals surface area (Å²) in [6.45, 7) is 6.85. The monoisotopic (exact) mass is 250 g/mol. The molecule has 2 nitrogen and oxygen atoms in total. The summed E-state index contributed by atoms with van der Waals surface area (Å²) < 4.78 is 13.0. The standard InChI is InChI=1S/C15H23FN2/c1-15(2,18-10-4-5-11-18)14(17-3)12-6-8-13(16)9-7-12/h6-9,14,17H,4-5,10-11H2,1-3H3. The van der Waals surface area contributed by atoms with E-state index in [0.29, 0.717) is 0 Å². The summed E-state index contributed by atoms with van der Waals surface area (Å²) in [5, 5.41) is 3.39. The number of likely N-dealkylation sites (tertiary alicyclic amines) is 1. The molecule has 0 spiro atoms. The van der Waals surface area contributed by atoms with E-state index in [-0.39, 0.29) is 17.4 Å². The maximum atomic E-state index is 13.0. The van der Waals surface area contributed by atoms with Gasteiger partial charge in [-0.25, -0.2) is 4.39 Å². The van der Waals surface area contributed by atoms with Crippen molar-refractivity contribution in [2.24, 2.45) is 0 Å². The first-order valence-corrected chi connectivity index (χ1v) is 6.73. The summed E-state index contributed by atoms with van der Waals surface area (Å²) in [5.41, 5.74) is 1.19. The normalized spacial score (nSPS) is 19.1. The zero-order valence-corrected chi connectivity index (χ0v) is 11.5. The molecule has 1 aromatic rings. The number of halogens is 1. The van der Waals surface area contributed by atoms with Crippen LogP contribution < -0.4 is 5.32 Å². The predicted molar refractivity (Wildman–Crippen MR) is 73.1 cm³/mol. The Hall–Kier alpha value is -0.930. The Bertz CT molecular complexity index is 380. The molecule has 2 rings (SSSR count). The van der Waals surface area contributed by atoms with Gasteiger partial charge in [0.25, 0.3) is 0 Å². The van der Waals surface area contributed by atoms with Gasteiger partial charge < -0.3 is 5.32 Å². The molecule has 0 amide bonds. The van der Waals surface area contributed by atoms with Gasteiger partial charge in [0.15, 0.2) is 0 Å². The molecule has 1 unspecified atom stereocenters. The minimum absolute atomic E-state index is 0.0447. The highest BCUT2D eigenvalue weighted by Crippen LogP contribution is 2.33. The Morgan fingerprint density at radius 3 is 2.22 bits per heavy atom. The lowest BCUT2D eigenvalue weighted by molar-refractivity contribution is 0.110. The molecule has 1 N–H and O–H groups in total. The van der Waals surface area contributed by atoms with Gasteiger partial charge in [0.05, 0.1) is 0 Å². The molecule has 0 aliphatic carbocycles. The number of nitrogens with zero attached hydrogens (tertiary/aromatic N) is 1. The molecule has 0 bridgehead atoms. The maximum Gasteiger partial charge on any atom is 0.123 e. The van der Waals surface area contributed by atoms with Crippen LogP contribution in [0.5, 0.6) is 0 Å². The second-order valence-corrected chi connectivity index (χ2v) is 5.62. The van der Waals surface area contributed by atoms with Gasteiger partial charge in [-0.05, 0) is 64.5 Å². The molecule has 0 aromatic heterocycles. The van der Waals surface area contributed by atoms with E-state index in [1.807, 2.05) is 19.2 Å². The minimum atomic E-state index is -0.174. The lowest BCUT2D eigenvalue weighted by atomic mass is 9.87. The van der Waals surface area contributed by atoms with Crippen molar-refractivity contribution in [3.63, 3.8) is 0 Å². The number of likely N-dealkylation sites (N-methyl/N-ethyl adjacent to an activating group) is 1. The third-order valence-corrected chi connectivity index (χ3v) is 4.12. The predicted octanol–water partition coefficient (Wildman–Crippen LogP) is 2.96. The van der Waals surface area contributed by atoms with Crippen molar-refractivity contribution < 1.29 is 4.39 Å². The third-order valence-electron chi connectivity index (χ3n) is 4.12. The summed E-state index contributed by atoms with van der Waals surface area (Å²) in [6.07, 6.45) is 2.56. The fourth-order valence-corrected chi connectivity index (χ4v) is 3.06. The van der Waals surface area contributed by atoms with Crippen LogP contribution in [0.2, 0.25) is 0 Å². The lowest BCUT2D eigenvalue weighted by Gasteiger charge is -2.42. The van der Waals surface area contributed by atoms with Crippen LogP contribution in [0.15, 0.2) is 24.3 Å². The van der Waals surface area contributed by atoms with Gasteiger partial charge in [0.1, 0.15) is 5.82 Å². The van der Waals surface area contributed by atoms with E-state index in [9.17, 15) is 4.39 Å². The fraction of sp³-hybridized carbons (Fsp3) is 0.600. The number of nitrogens with one attached hydrogen (secondary N) is 1. The van der Waals surface area contributed by atoms with Crippen LogP contribution in [0, 0.1) is 5.82 Å². The smallest absolute Gasteiger partial charge is 0.123 e. The summed E-state index contributed by atoms with van der Waals surface area (Å²) >= 11 is 0. The van der Waals surface area contributed by atoms with Gasteiger partial charge >= 0.3 is 0 Å². The molecule has 1 aromatic carbocycles. The molecule has 1 saturated heterocycles. The van der Waals surface area contributed by atoms with E-state index in [4.69, 9.17) is 0 Å². The highest BCUT2D eigenvalue weighted by Gasteiger charge is 2.36. The largest absolute Gasteiger partial charge is 0.311 e. The van der Waals surface area contributed by atoms with Crippen LogP contribution in [0.4, 0.5) is 4.39 Å². The summed E-state index contributed by atoms with van der Waals surface area (Å²) in [6, 6.07) is 7.07. The second kappa shape index (κ2) is 5.37. The Kier molecular flexibility index (Phi) is 4.03. The van der Waals surface area contributed by atoms with Crippen molar-refractivity contribution in [2.45, 2.75) is 38.3 Å². The van der Waals surface area contributed by atoms with Crippen molar-refractivity contribution >= 4 is 0 Å². The molecule has 1 fully saturated rings. The number of hydrogen-bond acceptors (Lipinski definition) is 2. The average Bonchev–Trinajstić information content (AvgIpc) is 2.86. The lowest BCUT2D eigenvalue weighted by Crippen LogP contribution is -2.50. The molecule has 3 heteroatoms. The second-order valence-electron chi connectivity index (χ2n) is 5.62. The highest BCUT2D eigenvalue weighted by molar-refractivity contribution is 5.23. The van der Waals surface area contributed by atoms with Gasteiger partial charge in [-0.2, -0.15) is 0 Å². The number of benzene rings is 1. The van der Waals surface area contributed by atoms with Crippen LogP contribution in [0.1, 0.15) is 38.3 Å². The Morgan fingerprint density at radius 1 is 1.17 bits per heavy atom. The molecule has 1 aliphatic heterocycles.